The van der Waals surface area contributed by atoms with Crippen LogP contribution in [0.15, 0.2) is 54.6 Å². The van der Waals surface area contributed by atoms with Gasteiger partial charge < -0.3 is 16.0 Å². The Kier molecular flexibility index (Phi) is 9.44. The topological polar surface area (TPSA) is 90.5 Å². The van der Waals surface area contributed by atoms with Gasteiger partial charge in [0.05, 0.1) is 23.7 Å². The molecule has 0 spiro atoms. The Morgan fingerprint density at radius 3 is 2.55 bits per heavy atom. The first-order chi connectivity index (χ1) is 16.1. The number of likely N-dealkylation sites (tertiary alicyclic amines) is 1. The Labute approximate surface area is 195 Å². The van der Waals surface area contributed by atoms with Gasteiger partial charge in [-0.05, 0) is 43.5 Å². The van der Waals surface area contributed by atoms with E-state index in [4.69, 9.17) is 0 Å². The molecule has 2 aromatic carbocycles. The molecule has 3 amide bonds. The summed E-state index contributed by atoms with van der Waals surface area (Å²) in [6, 6.07) is 16.7. The molecule has 2 aromatic rings. The SMILES string of the molecule is CCCCNC(=O)C1CCCN(CC(=O)Nc2ccccc2C(=O)NCc2ccccc2)C1. The number of nitrogens with zero attached hydrogens (tertiary/aromatic N) is 1. The monoisotopic (exact) mass is 450 g/mol. The van der Waals surface area contributed by atoms with E-state index >= 15 is 0 Å². The van der Waals surface area contributed by atoms with E-state index in [-0.39, 0.29) is 30.2 Å². The first kappa shape index (κ1) is 24.5. The Hall–Kier alpha value is -3.19. The van der Waals surface area contributed by atoms with Gasteiger partial charge in [0.15, 0.2) is 0 Å². The van der Waals surface area contributed by atoms with E-state index in [1.165, 1.54) is 0 Å². The van der Waals surface area contributed by atoms with Gasteiger partial charge in [-0.25, -0.2) is 0 Å². The molecule has 33 heavy (non-hydrogen) atoms. The number of amides is 3. The van der Waals surface area contributed by atoms with Crippen LogP contribution in [0.5, 0.6) is 0 Å². The number of para-hydroxylation sites is 1. The average Bonchev–Trinajstić information content (AvgIpc) is 2.83. The van der Waals surface area contributed by atoms with Crippen molar-refractivity contribution in [1.82, 2.24) is 15.5 Å². The quantitative estimate of drug-likeness (QED) is 0.485. The lowest BCUT2D eigenvalue weighted by molar-refractivity contribution is -0.127. The van der Waals surface area contributed by atoms with Crippen LogP contribution in [0.1, 0.15) is 48.5 Å². The van der Waals surface area contributed by atoms with Crippen molar-refractivity contribution in [3.05, 3.63) is 65.7 Å². The first-order valence-electron chi connectivity index (χ1n) is 11.8. The maximum Gasteiger partial charge on any atom is 0.253 e. The number of anilines is 1. The molecule has 1 aliphatic rings. The van der Waals surface area contributed by atoms with Gasteiger partial charge in [-0.1, -0.05) is 55.8 Å². The molecule has 1 aliphatic heterocycles. The van der Waals surface area contributed by atoms with Gasteiger partial charge in [-0.15, -0.1) is 0 Å². The van der Waals surface area contributed by atoms with Crippen LogP contribution in [0.2, 0.25) is 0 Å². The van der Waals surface area contributed by atoms with Crippen LogP contribution in [0.4, 0.5) is 5.69 Å². The molecule has 1 atom stereocenters. The van der Waals surface area contributed by atoms with Crippen molar-refractivity contribution >= 4 is 23.4 Å². The van der Waals surface area contributed by atoms with Crippen LogP contribution in [0, 0.1) is 5.92 Å². The van der Waals surface area contributed by atoms with Gasteiger partial charge in [-0.2, -0.15) is 0 Å². The molecule has 3 N–H and O–H groups in total. The minimum absolute atomic E-state index is 0.0778. The highest BCUT2D eigenvalue weighted by Crippen LogP contribution is 2.18. The van der Waals surface area contributed by atoms with E-state index in [1.54, 1.807) is 24.3 Å². The van der Waals surface area contributed by atoms with E-state index in [2.05, 4.69) is 22.9 Å². The molecule has 176 valence electrons. The van der Waals surface area contributed by atoms with E-state index in [9.17, 15) is 14.4 Å². The summed E-state index contributed by atoms with van der Waals surface area (Å²) in [4.78, 5) is 39.9. The van der Waals surface area contributed by atoms with Crippen molar-refractivity contribution in [1.29, 1.82) is 0 Å². The average molecular weight is 451 g/mol. The summed E-state index contributed by atoms with van der Waals surface area (Å²) in [6.45, 7) is 4.76. The van der Waals surface area contributed by atoms with Crippen LogP contribution in [-0.4, -0.2) is 48.8 Å². The lowest BCUT2D eigenvalue weighted by Crippen LogP contribution is -2.45. The summed E-state index contributed by atoms with van der Waals surface area (Å²) in [7, 11) is 0. The zero-order valence-corrected chi connectivity index (χ0v) is 19.3. The third kappa shape index (κ3) is 7.71. The third-order valence-corrected chi connectivity index (χ3v) is 5.81. The second kappa shape index (κ2) is 12.7. The molecule has 7 nitrogen and oxygen atoms in total. The van der Waals surface area contributed by atoms with Gasteiger partial charge >= 0.3 is 0 Å². The van der Waals surface area contributed by atoms with Crippen LogP contribution in [-0.2, 0) is 16.1 Å². The van der Waals surface area contributed by atoms with Crippen molar-refractivity contribution < 1.29 is 14.4 Å². The Balaban J connectivity index is 1.53. The minimum atomic E-state index is -0.239. The molecule has 0 radical (unpaired) electrons. The summed E-state index contributed by atoms with van der Waals surface area (Å²) in [5.74, 6) is -0.435. The Morgan fingerprint density at radius 1 is 1.00 bits per heavy atom. The van der Waals surface area contributed by atoms with Gasteiger partial charge in [-0.3, -0.25) is 19.3 Å². The standard InChI is InChI=1S/C26H34N4O3/c1-2-3-15-27-25(32)21-12-9-16-30(18-21)19-24(31)29-23-14-8-7-13-22(23)26(33)28-17-20-10-5-4-6-11-20/h4-8,10-11,13-14,21H,2-3,9,12,15-19H2,1H3,(H,27,32)(H,28,33)(H,29,31). The molecule has 1 heterocycles. The highest BCUT2D eigenvalue weighted by molar-refractivity contribution is 6.04. The number of unbranched alkanes of at least 4 members (excludes halogenated alkanes) is 1. The fourth-order valence-electron chi connectivity index (χ4n) is 4.00. The Bertz CT molecular complexity index is 932. The van der Waals surface area contributed by atoms with Gasteiger partial charge in [0, 0.05) is 19.6 Å². The summed E-state index contributed by atoms with van der Waals surface area (Å²) in [5.41, 5.74) is 1.92. The highest BCUT2D eigenvalue weighted by Gasteiger charge is 2.26. The van der Waals surface area contributed by atoms with Gasteiger partial charge in [0.25, 0.3) is 5.91 Å². The number of nitrogens with one attached hydrogen (secondary N) is 3. The maximum absolute atomic E-state index is 12.7. The number of benzene rings is 2. The number of carbonyl (C=O) groups excluding carboxylic acids is 3. The lowest BCUT2D eigenvalue weighted by Gasteiger charge is -2.31. The first-order valence-corrected chi connectivity index (χ1v) is 11.8. The number of piperidine rings is 1. The van der Waals surface area contributed by atoms with E-state index in [0.29, 0.717) is 30.9 Å². The molecular weight excluding hydrogens is 416 g/mol. The summed E-state index contributed by atoms with van der Waals surface area (Å²) in [6.07, 6.45) is 3.75. The molecule has 0 saturated carbocycles. The molecular formula is C26H34N4O3. The predicted molar refractivity (Wildman–Crippen MR) is 130 cm³/mol. The second-order valence-electron chi connectivity index (χ2n) is 8.48. The van der Waals surface area contributed by atoms with Crippen LogP contribution >= 0.6 is 0 Å². The molecule has 1 unspecified atom stereocenters. The van der Waals surface area contributed by atoms with Crippen molar-refractivity contribution in [3.63, 3.8) is 0 Å². The fraction of sp³-hybridized carbons (Fsp3) is 0.423. The smallest absolute Gasteiger partial charge is 0.253 e. The van der Waals surface area contributed by atoms with Crippen molar-refractivity contribution in [2.24, 2.45) is 5.92 Å². The van der Waals surface area contributed by atoms with E-state index in [1.807, 2.05) is 35.2 Å². The highest BCUT2D eigenvalue weighted by atomic mass is 16.2. The Morgan fingerprint density at radius 2 is 1.76 bits per heavy atom. The largest absolute Gasteiger partial charge is 0.356 e. The molecule has 3 rings (SSSR count). The van der Waals surface area contributed by atoms with Gasteiger partial charge in [0.2, 0.25) is 11.8 Å². The van der Waals surface area contributed by atoms with E-state index in [0.717, 1.165) is 37.8 Å². The zero-order chi connectivity index (χ0) is 23.5. The van der Waals surface area contributed by atoms with Gasteiger partial charge in [0.1, 0.15) is 0 Å². The minimum Gasteiger partial charge on any atom is -0.356 e. The molecule has 0 aliphatic carbocycles. The number of hydrogen-bond acceptors (Lipinski definition) is 4. The second-order valence-corrected chi connectivity index (χ2v) is 8.48. The fourth-order valence-corrected chi connectivity index (χ4v) is 4.00. The lowest BCUT2D eigenvalue weighted by atomic mass is 9.97. The number of carbonyl (C=O) groups is 3. The third-order valence-electron chi connectivity index (χ3n) is 5.81. The van der Waals surface area contributed by atoms with Crippen molar-refractivity contribution in [3.8, 4) is 0 Å². The molecule has 0 bridgehead atoms. The van der Waals surface area contributed by atoms with Crippen LogP contribution < -0.4 is 16.0 Å². The molecule has 7 heteroatoms. The normalized spacial score (nSPS) is 16.1. The summed E-state index contributed by atoms with van der Waals surface area (Å²) >= 11 is 0. The number of rotatable bonds is 10. The summed E-state index contributed by atoms with van der Waals surface area (Å²) in [5, 5.41) is 8.79. The predicted octanol–water partition coefficient (Wildman–Crippen LogP) is 3.18. The zero-order valence-electron chi connectivity index (χ0n) is 19.3. The van der Waals surface area contributed by atoms with Crippen LogP contribution in [0.3, 0.4) is 0 Å². The van der Waals surface area contributed by atoms with Crippen molar-refractivity contribution in [2.75, 3.05) is 31.5 Å². The maximum atomic E-state index is 12.7. The molecule has 1 saturated heterocycles. The molecule has 1 fully saturated rings. The van der Waals surface area contributed by atoms with E-state index < -0.39 is 0 Å². The number of hydrogen-bond donors (Lipinski definition) is 3. The van der Waals surface area contributed by atoms with Crippen LogP contribution in [0.25, 0.3) is 0 Å². The van der Waals surface area contributed by atoms with Crippen molar-refractivity contribution in [2.45, 2.75) is 39.2 Å². The molecule has 0 aromatic heterocycles. The summed E-state index contributed by atoms with van der Waals surface area (Å²) < 4.78 is 0.